The van der Waals surface area contributed by atoms with Gasteiger partial charge in [-0.1, -0.05) is 73.4 Å². The second-order valence-corrected chi connectivity index (χ2v) is 10.1. The molecule has 0 heterocycles. The van der Waals surface area contributed by atoms with E-state index in [1.807, 2.05) is 39.8 Å². The van der Waals surface area contributed by atoms with Crippen LogP contribution in [0.1, 0.15) is 70.9 Å². The molecule has 0 aliphatic rings. The zero-order valence-electron chi connectivity index (χ0n) is 20.1. The Morgan fingerprint density at radius 2 is 1.61 bits per heavy atom. The van der Waals surface area contributed by atoms with Gasteiger partial charge in [0.2, 0.25) is 0 Å². The highest BCUT2D eigenvalue weighted by molar-refractivity contribution is 7.86. The monoisotopic (exact) mass is 472 g/mol. The summed E-state index contributed by atoms with van der Waals surface area (Å²) in [7, 11) is -4.72. The maximum atomic E-state index is 12.4. The zero-order chi connectivity index (χ0) is 24.6. The lowest BCUT2D eigenvalue weighted by Gasteiger charge is -2.20. The lowest BCUT2D eigenvalue weighted by atomic mass is 9.90. The van der Waals surface area contributed by atoms with Crippen molar-refractivity contribution in [2.45, 2.75) is 77.5 Å². The second-order valence-electron chi connectivity index (χ2n) is 8.73. The Labute approximate surface area is 198 Å². The fourth-order valence-corrected chi connectivity index (χ4v) is 4.83. The third-order valence-electron chi connectivity index (χ3n) is 5.70. The minimum absolute atomic E-state index is 0.0993. The Kier molecular flexibility index (Phi) is 9.74. The van der Waals surface area contributed by atoms with Crippen LogP contribution in [0.25, 0.3) is 11.1 Å². The molecule has 0 aliphatic carbocycles. The van der Waals surface area contributed by atoms with E-state index in [-0.39, 0.29) is 23.3 Å². The minimum atomic E-state index is -4.72. The number of phenols is 2. The minimum Gasteiger partial charge on any atom is -0.507 e. The number of unbranched alkanes of at least 4 members (excludes halogenated alkanes) is 2. The number of benzene rings is 2. The topological polar surface area (TPSA) is 94.8 Å². The third-order valence-corrected chi connectivity index (χ3v) is 6.65. The Morgan fingerprint density at radius 1 is 0.939 bits per heavy atom. The molecule has 2 aromatic rings. The number of hydrogen-bond acceptors (Lipinski definition) is 4. The van der Waals surface area contributed by atoms with Crippen LogP contribution in [0.15, 0.2) is 58.5 Å². The first-order valence-electron chi connectivity index (χ1n) is 11.5. The molecule has 0 aliphatic heterocycles. The summed E-state index contributed by atoms with van der Waals surface area (Å²) in [6, 6.07) is 9.01. The fraction of sp³-hybridized carbons (Fsp3) is 0.407. The van der Waals surface area contributed by atoms with Crippen LogP contribution in [-0.4, -0.2) is 23.2 Å². The molecule has 0 saturated carbocycles. The van der Waals surface area contributed by atoms with Crippen molar-refractivity contribution >= 4 is 10.1 Å². The molecule has 3 N–H and O–H groups in total. The molecule has 0 unspecified atom stereocenters. The summed E-state index contributed by atoms with van der Waals surface area (Å²) in [5.41, 5.74) is 3.64. The van der Waals surface area contributed by atoms with Crippen molar-refractivity contribution in [3.8, 4) is 22.6 Å². The second kappa shape index (κ2) is 12.1. The molecular formula is C27H36O5S. The van der Waals surface area contributed by atoms with E-state index in [2.05, 4.69) is 6.08 Å². The average molecular weight is 473 g/mol. The van der Waals surface area contributed by atoms with Gasteiger partial charge in [-0.15, -0.1) is 0 Å². The van der Waals surface area contributed by atoms with Crippen molar-refractivity contribution in [3.63, 3.8) is 0 Å². The van der Waals surface area contributed by atoms with E-state index in [1.165, 1.54) is 5.57 Å². The van der Waals surface area contributed by atoms with Crippen LogP contribution in [0.2, 0.25) is 0 Å². The zero-order valence-corrected chi connectivity index (χ0v) is 20.9. The van der Waals surface area contributed by atoms with Crippen LogP contribution in [-0.2, 0) is 23.0 Å². The molecule has 2 rings (SSSR count). The highest BCUT2D eigenvalue weighted by Gasteiger charge is 2.30. The molecule has 0 atom stereocenters. The fourth-order valence-electron chi connectivity index (χ4n) is 3.94. The van der Waals surface area contributed by atoms with Crippen LogP contribution >= 0.6 is 0 Å². The summed E-state index contributed by atoms with van der Waals surface area (Å²) in [5.74, 6) is -0.722. The summed E-state index contributed by atoms with van der Waals surface area (Å²) >= 11 is 0. The van der Waals surface area contributed by atoms with Crippen molar-refractivity contribution < 1.29 is 23.2 Å². The third kappa shape index (κ3) is 7.21. The van der Waals surface area contributed by atoms with Crippen molar-refractivity contribution in [3.05, 3.63) is 64.8 Å². The smallest absolute Gasteiger partial charge is 0.298 e. The van der Waals surface area contributed by atoms with Crippen molar-refractivity contribution in [1.29, 1.82) is 0 Å². The van der Waals surface area contributed by atoms with Gasteiger partial charge in [0.1, 0.15) is 16.4 Å². The Balaban J connectivity index is 2.67. The standard InChI is InChI=1S/C27H36O5S/c1-5-6-8-16-22-24(21-14-9-7-10-15-21)25(28)23(26(29)27(22)33(30,31)32)18-17-20(4)13-11-12-19(2)3/h7,9-10,12,14-15,17,28-29H,5-6,8,11,13,16,18H2,1-4H3,(H,30,31,32). The van der Waals surface area contributed by atoms with E-state index in [4.69, 9.17) is 0 Å². The molecular weight excluding hydrogens is 436 g/mol. The Morgan fingerprint density at radius 3 is 2.18 bits per heavy atom. The van der Waals surface area contributed by atoms with Gasteiger partial charge in [-0.2, -0.15) is 8.42 Å². The van der Waals surface area contributed by atoms with Gasteiger partial charge in [0.25, 0.3) is 10.1 Å². The average Bonchev–Trinajstić information content (AvgIpc) is 2.73. The van der Waals surface area contributed by atoms with Crippen molar-refractivity contribution in [2.24, 2.45) is 0 Å². The predicted octanol–water partition coefficient (Wildman–Crippen LogP) is 6.98. The first-order valence-corrected chi connectivity index (χ1v) is 12.9. The van der Waals surface area contributed by atoms with Gasteiger partial charge in [-0.25, -0.2) is 0 Å². The maximum Gasteiger partial charge on any atom is 0.298 e. The van der Waals surface area contributed by atoms with Gasteiger partial charge in [-0.3, -0.25) is 4.55 Å². The van der Waals surface area contributed by atoms with Crippen molar-refractivity contribution in [2.75, 3.05) is 0 Å². The quantitative estimate of drug-likeness (QED) is 0.186. The summed E-state index contributed by atoms with van der Waals surface area (Å²) in [6.07, 6.45) is 8.63. The number of aromatic hydroxyl groups is 2. The number of phenolic OH excluding ortho intramolecular Hbond substituents is 2. The SMILES string of the molecule is CCCCCc1c(-c2ccccc2)c(O)c(CC=C(C)CCC=C(C)C)c(O)c1S(=O)(=O)O. The first kappa shape index (κ1) is 26.7. The molecule has 6 heteroatoms. The van der Waals surface area contributed by atoms with Crippen LogP contribution in [0.5, 0.6) is 11.5 Å². The van der Waals surface area contributed by atoms with Gasteiger partial charge >= 0.3 is 0 Å². The van der Waals surface area contributed by atoms with Crippen LogP contribution < -0.4 is 0 Å². The lowest BCUT2D eigenvalue weighted by molar-refractivity contribution is 0.420. The van der Waals surface area contributed by atoms with Crippen LogP contribution in [0, 0.1) is 0 Å². The van der Waals surface area contributed by atoms with Crippen LogP contribution in [0.4, 0.5) is 0 Å². The summed E-state index contributed by atoms with van der Waals surface area (Å²) in [6.45, 7) is 8.08. The van der Waals surface area contributed by atoms with E-state index >= 15 is 0 Å². The molecule has 5 nitrogen and oxygen atoms in total. The normalized spacial score (nSPS) is 12.1. The van der Waals surface area contributed by atoms with E-state index < -0.39 is 20.8 Å². The summed E-state index contributed by atoms with van der Waals surface area (Å²) in [5, 5.41) is 22.2. The molecule has 2 aromatic carbocycles. The summed E-state index contributed by atoms with van der Waals surface area (Å²) < 4.78 is 34.8. The van der Waals surface area contributed by atoms with Gasteiger partial charge in [-0.05, 0) is 64.0 Å². The molecule has 180 valence electrons. The molecule has 0 amide bonds. The van der Waals surface area contributed by atoms with E-state index in [0.717, 1.165) is 31.3 Å². The molecule has 0 saturated heterocycles. The van der Waals surface area contributed by atoms with E-state index in [9.17, 15) is 23.2 Å². The highest BCUT2D eigenvalue weighted by atomic mass is 32.2. The Bertz CT molecular complexity index is 1110. The molecule has 0 spiro atoms. The van der Waals surface area contributed by atoms with Gasteiger partial charge in [0.15, 0.2) is 0 Å². The van der Waals surface area contributed by atoms with E-state index in [0.29, 0.717) is 24.0 Å². The van der Waals surface area contributed by atoms with Gasteiger partial charge in [0, 0.05) is 11.1 Å². The number of rotatable bonds is 11. The number of hydrogen-bond donors (Lipinski definition) is 3. The Hall–Kier alpha value is -2.57. The highest BCUT2D eigenvalue weighted by Crippen LogP contribution is 2.46. The van der Waals surface area contributed by atoms with Crippen LogP contribution in [0.3, 0.4) is 0 Å². The predicted molar refractivity (Wildman–Crippen MR) is 134 cm³/mol. The van der Waals surface area contributed by atoms with Gasteiger partial charge < -0.3 is 10.2 Å². The molecule has 33 heavy (non-hydrogen) atoms. The molecule has 0 aromatic heterocycles. The molecule has 0 fully saturated rings. The first-order chi connectivity index (χ1) is 15.6. The lowest BCUT2D eigenvalue weighted by Crippen LogP contribution is -2.08. The van der Waals surface area contributed by atoms with E-state index in [1.54, 1.807) is 24.3 Å². The maximum absolute atomic E-state index is 12.4. The molecule has 0 radical (unpaired) electrons. The van der Waals surface area contributed by atoms with Gasteiger partial charge in [0.05, 0.1) is 0 Å². The number of allylic oxidation sites excluding steroid dienone is 4. The largest absolute Gasteiger partial charge is 0.507 e. The summed E-state index contributed by atoms with van der Waals surface area (Å²) in [4.78, 5) is -0.499. The van der Waals surface area contributed by atoms with Crippen molar-refractivity contribution in [1.82, 2.24) is 0 Å². The molecule has 0 bridgehead atoms.